The van der Waals surface area contributed by atoms with Crippen LogP contribution >= 0.6 is 15.9 Å². The molecular weight excluding hydrogens is 326 g/mol. The Morgan fingerprint density at radius 1 is 1.42 bits per heavy atom. The van der Waals surface area contributed by atoms with E-state index in [-0.39, 0.29) is 0 Å². The number of benzene rings is 1. The minimum Gasteiger partial charge on any atom is -0.399 e. The average molecular weight is 342 g/mol. The van der Waals surface area contributed by atoms with E-state index >= 15 is 0 Å². The van der Waals surface area contributed by atoms with Crippen LogP contribution in [0.1, 0.15) is 25.6 Å². The first kappa shape index (κ1) is 14.3. The summed E-state index contributed by atoms with van der Waals surface area (Å²) in [6, 6.07) is 7.52. The van der Waals surface area contributed by atoms with E-state index in [0.717, 1.165) is 15.1 Å². The SMILES string of the molecule is CC(C)n1ccc(CS(=O)c2ccc(N)cc2Br)n1. The lowest BCUT2D eigenvalue weighted by Crippen LogP contribution is -2.03. The second-order valence-corrected chi connectivity index (χ2v) is 6.83. The molecular formula is C13H16BrN3OS. The summed E-state index contributed by atoms with van der Waals surface area (Å²) in [5.74, 6) is 0.405. The lowest BCUT2D eigenvalue weighted by molar-refractivity contribution is 0.528. The van der Waals surface area contributed by atoms with Crippen LogP contribution < -0.4 is 5.73 Å². The quantitative estimate of drug-likeness (QED) is 0.869. The van der Waals surface area contributed by atoms with Gasteiger partial charge in [-0.3, -0.25) is 8.89 Å². The maximum Gasteiger partial charge on any atom is 0.0753 e. The van der Waals surface area contributed by atoms with E-state index in [2.05, 4.69) is 34.9 Å². The molecule has 19 heavy (non-hydrogen) atoms. The van der Waals surface area contributed by atoms with Crippen LogP contribution in [0.3, 0.4) is 0 Å². The molecule has 0 saturated carbocycles. The summed E-state index contributed by atoms with van der Waals surface area (Å²) in [5.41, 5.74) is 7.15. The van der Waals surface area contributed by atoms with E-state index < -0.39 is 10.8 Å². The molecule has 6 heteroatoms. The van der Waals surface area contributed by atoms with Gasteiger partial charge in [0.25, 0.3) is 0 Å². The highest BCUT2D eigenvalue weighted by Gasteiger charge is 2.11. The largest absolute Gasteiger partial charge is 0.399 e. The molecule has 0 aliphatic rings. The number of nitrogens with zero attached hydrogens (tertiary/aromatic N) is 2. The van der Waals surface area contributed by atoms with Gasteiger partial charge in [0, 0.05) is 22.4 Å². The molecule has 0 fully saturated rings. The Kier molecular flexibility index (Phi) is 4.42. The van der Waals surface area contributed by atoms with E-state index in [1.54, 1.807) is 18.2 Å². The average Bonchev–Trinajstić information content (AvgIpc) is 2.77. The summed E-state index contributed by atoms with van der Waals surface area (Å²) >= 11 is 3.39. The number of nitrogens with two attached hydrogens (primary N) is 1. The number of nitrogen functional groups attached to an aromatic ring is 1. The molecule has 102 valence electrons. The van der Waals surface area contributed by atoms with Gasteiger partial charge in [-0.1, -0.05) is 0 Å². The monoisotopic (exact) mass is 341 g/mol. The third kappa shape index (κ3) is 3.45. The van der Waals surface area contributed by atoms with Crippen LogP contribution in [0.25, 0.3) is 0 Å². The van der Waals surface area contributed by atoms with Gasteiger partial charge in [0.15, 0.2) is 0 Å². The predicted octanol–water partition coefficient (Wildman–Crippen LogP) is 3.12. The van der Waals surface area contributed by atoms with Gasteiger partial charge in [0.05, 0.1) is 27.1 Å². The second kappa shape index (κ2) is 5.88. The van der Waals surface area contributed by atoms with Crippen molar-refractivity contribution in [3.8, 4) is 0 Å². The minimum absolute atomic E-state index is 0.311. The maximum absolute atomic E-state index is 12.3. The summed E-state index contributed by atoms with van der Waals surface area (Å²) in [6.07, 6.45) is 1.91. The highest BCUT2D eigenvalue weighted by atomic mass is 79.9. The topological polar surface area (TPSA) is 60.9 Å². The maximum atomic E-state index is 12.3. The fourth-order valence-electron chi connectivity index (χ4n) is 1.66. The van der Waals surface area contributed by atoms with Crippen molar-refractivity contribution in [1.82, 2.24) is 9.78 Å². The molecule has 0 aliphatic heterocycles. The summed E-state index contributed by atoms with van der Waals surface area (Å²) in [4.78, 5) is 0.744. The molecule has 1 aromatic heterocycles. The molecule has 0 aliphatic carbocycles. The first-order valence-corrected chi connectivity index (χ1v) is 8.06. The Morgan fingerprint density at radius 2 is 2.16 bits per heavy atom. The summed E-state index contributed by atoms with van der Waals surface area (Å²) < 4.78 is 15.0. The predicted molar refractivity (Wildman–Crippen MR) is 81.3 cm³/mol. The van der Waals surface area contributed by atoms with Crippen molar-refractivity contribution in [1.29, 1.82) is 0 Å². The van der Waals surface area contributed by atoms with Crippen LogP contribution in [0.5, 0.6) is 0 Å². The summed E-state index contributed by atoms with van der Waals surface area (Å²) in [6.45, 7) is 4.12. The fourth-order valence-corrected chi connectivity index (χ4v) is 3.67. The number of anilines is 1. The Labute approximate surface area is 123 Å². The van der Waals surface area contributed by atoms with Crippen molar-refractivity contribution in [2.24, 2.45) is 0 Å². The molecule has 2 rings (SSSR count). The van der Waals surface area contributed by atoms with E-state index in [4.69, 9.17) is 5.73 Å². The van der Waals surface area contributed by atoms with E-state index in [0.29, 0.717) is 17.5 Å². The first-order valence-electron chi connectivity index (χ1n) is 5.95. The van der Waals surface area contributed by atoms with Crippen LogP contribution in [0.2, 0.25) is 0 Å². The Bertz CT molecular complexity index is 610. The molecule has 0 spiro atoms. The number of hydrogen-bond acceptors (Lipinski definition) is 3. The van der Waals surface area contributed by atoms with Crippen molar-refractivity contribution in [2.75, 3.05) is 5.73 Å². The smallest absolute Gasteiger partial charge is 0.0753 e. The van der Waals surface area contributed by atoms with Crippen molar-refractivity contribution in [3.05, 3.63) is 40.6 Å². The summed E-state index contributed by atoms with van der Waals surface area (Å²) in [5, 5.41) is 4.41. The second-order valence-electron chi connectivity index (χ2n) is 4.56. The molecule has 0 saturated heterocycles. The molecule has 0 radical (unpaired) electrons. The van der Waals surface area contributed by atoms with Crippen LogP contribution in [-0.2, 0) is 16.6 Å². The standard InChI is InChI=1S/C13H16BrN3OS/c1-9(2)17-6-5-11(16-17)8-19(18)13-4-3-10(15)7-12(13)14/h3-7,9H,8,15H2,1-2H3. The van der Waals surface area contributed by atoms with Gasteiger partial charge in [-0.05, 0) is 54.0 Å². The zero-order chi connectivity index (χ0) is 14.0. The number of hydrogen-bond donors (Lipinski definition) is 1. The van der Waals surface area contributed by atoms with Gasteiger partial charge in [-0.25, -0.2) is 0 Å². The van der Waals surface area contributed by atoms with Gasteiger partial charge >= 0.3 is 0 Å². The lowest BCUT2D eigenvalue weighted by Gasteiger charge is -2.05. The zero-order valence-corrected chi connectivity index (χ0v) is 13.2. The fraction of sp³-hybridized carbons (Fsp3) is 0.308. The van der Waals surface area contributed by atoms with Crippen molar-refractivity contribution >= 4 is 32.4 Å². The van der Waals surface area contributed by atoms with Crippen LogP contribution in [0.15, 0.2) is 39.8 Å². The molecule has 2 aromatic rings. The number of aromatic nitrogens is 2. The number of halogens is 1. The van der Waals surface area contributed by atoms with E-state index in [1.165, 1.54) is 0 Å². The zero-order valence-electron chi connectivity index (χ0n) is 10.8. The van der Waals surface area contributed by atoms with Gasteiger partial charge < -0.3 is 5.73 Å². The molecule has 1 heterocycles. The Balaban J connectivity index is 2.16. The Hall–Kier alpha value is -1.14. The highest BCUT2D eigenvalue weighted by Crippen LogP contribution is 2.24. The minimum atomic E-state index is -1.13. The molecule has 2 N–H and O–H groups in total. The van der Waals surface area contributed by atoms with Crippen LogP contribution in [0, 0.1) is 0 Å². The molecule has 1 unspecified atom stereocenters. The molecule has 0 amide bonds. The van der Waals surface area contributed by atoms with Gasteiger partial charge in [-0.15, -0.1) is 0 Å². The molecule has 4 nitrogen and oxygen atoms in total. The van der Waals surface area contributed by atoms with Crippen LogP contribution in [0.4, 0.5) is 5.69 Å². The molecule has 0 bridgehead atoms. The van der Waals surface area contributed by atoms with Gasteiger partial charge in [-0.2, -0.15) is 5.10 Å². The highest BCUT2D eigenvalue weighted by molar-refractivity contribution is 9.10. The number of rotatable bonds is 4. The third-order valence-electron chi connectivity index (χ3n) is 2.67. The first-order chi connectivity index (χ1) is 8.97. The van der Waals surface area contributed by atoms with Gasteiger partial charge in [0.2, 0.25) is 0 Å². The normalized spacial score (nSPS) is 12.8. The Morgan fingerprint density at radius 3 is 2.74 bits per heavy atom. The van der Waals surface area contributed by atoms with Crippen molar-refractivity contribution in [2.45, 2.75) is 30.5 Å². The van der Waals surface area contributed by atoms with E-state index in [1.807, 2.05) is 16.9 Å². The summed E-state index contributed by atoms with van der Waals surface area (Å²) in [7, 11) is -1.13. The van der Waals surface area contributed by atoms with Gasteiger partial charge in [0.1, 0.15) is 0 Å². The lowest BCUT2D eigenvalue weighted by atomic mass is 10.3. The molecule has 1 atom stereocenters. The third-order valence-corrected chi connectivity index (χ3v) is 5.00. The van der Waals surface area contributed by atoms with Crippen molar-refractivity contribution in [3.63, 3.8) is 0 Å². The van der Waals surface area contributed by atoms with E-state index in [9.17, 15) is 4.21 Å². The molecule has 1 aromatic carbocycles. The van der Waals surface area contributed by atoms with Crippen molar-refractivity contribution < 1.29 is 4.21 Å². The van der Waals surface area contributed by atoms with Crippen LogP contribution in [-0.4, -0.2) is 14.0 Å².